The molecule has 0 aromatic carbocycles. The highest BCUT2D eigenvalue weighted by atomic mass is 16.2. The van der Waals surface area contributed by atoms with E-state index >= 15 is 0 Å². The smallest absolute Gasteiger partial charge is 0.272 e. The van der Waals surface area contributed by atoms with Crippen LogP contribution in [0.1, 0.15) is 42.0 Å². The zero-order valence-corrected chi connectivity index (χ0v) is 12.3. The van der Waals surface area contributed by atoms with Crippen LogP contribution in [0.3, 0.4) is 0 Å². The molecule has 3 rings (SSSR count). The molecule has 0 bridgehead atoms. The average Bonchev–Trinajstić information content (AvgIpc) is 3.04. The largest absolute Gasteiger partial charge is 0.337 e. The molecule has 0 N–H and O–H groups in total. The molecule has 2 aromatic heterocycles. The Hall–Kier alpha value is -2.17. The van der Waals surface area contributed by atoms with Crippen molar-refractivity contribution in [2.24, 2.45) is 0 Å². The molecule has 1 atom stereocenters. The molecular formula is C16H20N4O. The van der Waals surface area contributed by atoms with Crippen molar-refractivity contribution in [3.8, 4) is 0 Å². The van der Waals surface area contributed by atoms with Gasteiger partial charge in [-0.3, -0.25) is 9.78 Å². The van der Waals surface area contributed by atoms with E-state index in [1.165, 1.54) is 0 Å². The lowest BCUT2D eigenvalue weighted by molar-refractivity contribution is 0.0697. The lowest BCUT2D eigenvalue weighted by atomic mass is 9.96. The topological polar surface area (TPSA) is 51.0 Å². The lowest BCUT2D eigenvalue weighted by Gasteiger charge is -2.32. The molecule has 5 nitrogen and oxygen atoms in total. The van der Waals surface area contributed by atoms with E-state index in [4.69, 9.17) is 0 Å². The molecule has 1 saturated heterocycles. The Bertz CT molecular complexity index is 608. The fourth-order valence-corrected chi connectivity index (χ4v) is 2.97. The van der Waals surface area contributed by atoms with E-state index in [9.17, 15) is 4.79 Å². The number of aryl methyl sites for hydroxylation is 1. The molecule has 1 amide bonds. The summed E-state index contributed by atoms with van der Waals surface area (Å²) in [5, 5.41) is 0. The van der Waals surface area contributed by atoms with E-state index in [1.807, 2.05) is 29.4 Å². The van der Waals surface area contributed by atoms with Crippen molar-refractivity contribution < 1.29 is 4.79 Å². The Morgan fingerprint density at radius 3 is 3.00 bits per heavy atom. The van der Waals surface area contributed by atoms with Gasteiger partial charge >= 0.3 is 0 Å². The number of nitrogens with zero attached hydrogens (tertiary/aromatic N) is 4. The second-order valence-corrected chi connectivity index (χ2v) is 5.38. The van der Waals surface area contributed by atoms with Crippen LogP contribution in [0.5, 0.6) is 0 Å². The molecule has 21 heavy (non-hydrogen) atoms. The minimum absolute atomic E-state index is 0.0231. The first-order valence-electron chi connectivity index (χ1n) is 7.51. The van der Waals surface area contributed by atoms with Crippen LogP contribution in [0.2, 0.25) is 0 Å². The average molecular weight is 284 g/mol. The maximum atomic E-state index is 12.5. The Kier molecular flexibility index (Phi) is 3.99. The molecule has 2 aromatic rings. The van der Waals surface area contributed by atoms with Gasteiger partial charge in [0.15, 0.2) is 0 Å². The van der Waals surface area contributed by atoms with Crippen molar-refractivity contribution in [2.75, 3.05) is 13.1 Å². The van der Waals surface area contributed by atoms with Crippen molar-refractivity contribution >= 4 is 5.91 Å². The molecule has 0 saturated carbocycles. The number of likely N-dealkylation sites (tertiary alicyclic amines) is 1. The van der Waals surface area contributed by atoms with Gasteiger partial charge in [-0.15, -0.1) is 0 Å². The first-order chi connectivity index (χ1) is 10.3. The number of hydrogen-bond donors (Lipinski definition) is 0. The monoisotopic (exact) mass is 284 g/mol. The van der Waals surface area contributed by atoms with Crippen LogP contribution >= 0.6 is 0 Å². The van der Waals surface area contributed by atoms with E-state index in [0.29, 0.717) is 11.6 Å². The van der Waals surface area contributed by atoms with Gasteiger partial charge in [-0.25, -0.2) is 4.98 Å². The van der Waals surface area contributed by atoms with Gasteiger partial charge in [0.1, 0.15) is 11.5 Å². The molecule has 1 aliphatic rings. The highest BCUT2D eigenvalue weighted by Crippen LogP contribution is 2.26. The third-order valence-corrected chi connectivity index (χ3v) is 4.05. The number of amides is 1. The first kappa shape index (κ1) is 13.8. The molecule has 3 heterocycles. The van der Waals surface area contributed by atoms with Gasteiger partial charge in [0.25, 0.3) is 5.91 Å². The van der Waals surface area contributed by atoms with Gasteiger partial charge < -0.3 is 9.47 Å². The molecule has 0 unspecified atom stereocenters. The number of piperidine rings is 1. The molecule has 1 fully saturated rings. The summed E-state index contributed by atoms with van der Waals surface area (Å²) in [6.45, 7) is 4.57. The normalized spacial score (nSPS) is 18.7. The zero-order valence-electron chi connectivity index (χ0n) is 12.3. The number of pyridine rings is 1. The van der Waals surface area contributed by atoms with Crippen molar-refractivity contribution in [1.29, 1.82) is 0 Å². The van der Waals surface area contributed by atoms with Crippen molar-refractivity contribution in [1.82, 2.24) is 19.4 Å². The number of carbonyl (C=O) groups excluding carboxylic acids is 1. The van der Waals surface area contributed by atoms with Gasteiger partial charge in [-0.1, -0.05) is 6.07 Å². The Balaban J connectivity index is 1.76. The summed E-state index contributed by atoms with van der Waals surface area (Å²) in [6.07, 6.45) is 7.62. The van der Waals surface area contributed by atoms with Crippen LogP contribution in [0.15, 0.2) is 36.8 Å². The highest BCUT2D eigenvalue weighted by Gasteiger charge is 2.28. The van der Waals surface area contributed by atoms with Crippen LogP contribution in [0.4, 0.5) is 0 Å². The number of carbonyl (C=O) groups is 1. The molecular weight excluding hydrogens is 264 g/mol. The molecule has 1 aliphatic heterocycles. The van der Waals surface area contributed by atoms with Crippen LogP contribution in [0, 0.1) is 0 Å². The van der Waals surface area contributed by atoms with E-state index in [0.717, 1.165) is 38.3 Å². The van der Waals surface area contributed by atoms with E-state index in [1.54, 1.807) is 12.3 Å². The standard InChI is InChI=1S/C16H20N4O/c1-2-19-11-9-18-15(19)13-6-5-10-20(12-13)16(21)14-7-3-4-8-17-14/h3-4,7-9,11,13H,2,5-6,10,12H2,1H3/t13-/m1/s1. The second kappa shape index (κ2) is 6.08. The predicted octanol–water partition coefficient (Wildman–Crippen LogP) is 2.32. The quantitative estimate of drug-likeness (QED) is 0.869. The summed E-state index contributed by atoms with van der Waals surface area (Å²) in [7, 11) is 0. The Morgan fingerprint density at radius 1 is 1.33 bits per heavy atom. The van der Waals surface area contributed by atoms with Gasteiger partial charge in [0.05, 0.1) is 0 Å². The van der Waals surface area contributed by atoms with Gasteiger partial charge in [0.2, 0.25) is 0 Å². The van der Waals surface area contributed by atoms with Crippen LogP contribution < -0.4 is 0 Å². The summed E-state index contributed by atoms with van der Waals surface area (Å²) in [5.74, 6) is 1.44. The third kappa shape index (κ3) is 2.82. The van der Waals surface area contributed by atoms with Crippen LogP contribution in [-0.4, -0.2) is 38.4 Å². The predicted molar refractivity (Wildman–Crippen MR) is 80.0 cm³/mol. The third-order valence-electron chi connectivity index (χ3n) is 4.05. The van der Waals surface area contributed by atoms with E-state index in [2.05, 4.69) is 21.5 Å². The summed E-state index contributed by atoms with van der Waals surface area (Å²) in [5.41, 5.74) is 0.525. The number of rotatable bonds is 3. The number of hydrogen-bond acceptors (Lipinski definition) is 3. The molecule has 5 heteroatoms. The van der Waals surface area contributed by atoms with Crippen molar-refractivity contribution in [3.63, 3.8) is 0 Å². The van der Waals surface area contributed by atoms with Gasteiger partial charge in [-0.2, -0.15) is 0 Å². The molecule has 0 aliphatic carbocycles. The maximum Gasteiger partial charge on any atom is 0.272 e. The van der Waals surface area contributed by atoms with Crippen LogP contribution in [-0.2, 0) is 6.54 Å². The molecule has 0 radical (unpaired) electrons. The minimum atomic E-state index is 0.0231. The van der Waals surface area contributed by atoms with Crippen LogP contribution in [0.25, 0.3) is 0 Å². The van der Waals surface area contributed by atoms with E-state index < -0.39 is 0 Å². The zero-order chi connectivity index (χ0) is 14.7. The summed E-state index contributed by atoms with van der Waals surface area (Å²) in [4.78, 5) is 23.1. The fraction of sp³-hybridized carbons (Fsp3) is 0.438. The molecule has 0 spiro atoms. The number of aromatic nitrogens is 3. The van der Waals surface area contributed by atoms with E-state index in [-0.39, 0.29) is 5.91 Å². The van der Waals surface area contributed by atoms with Gasteiger partial charge in [-0.05, 0) is 31.9 Å². The minimum Gasteiger partial charge on any atom is -0.337 e. The first-order valence-corrected chi connectivity index (χ1v) is 7.51. The highest BCUT2D eigenvalue weighted by molar-refractivity contribution is 5.92. The Morgan fingerprint density at radius 2 is 2.24 bits per heavy atom. The SMILES string of the molecule is CCn1ccnc1[C@@H]1CCCN(C(=O)c2ccccn2)C1. The summed E-state index contributed by atoms with van der Waals surface area (Å²) >= 11 is 0. The van der Waals surface area contributed by atoms with Crippen molar-refractivity contribution in [2.45, 2.75) is 32.2 Å². The summed E-state index contributed by atoms with van der Waals surface area (Å²) < 4.78 is 2.17. The Labute approximate surface area is 124 Å². The van der Waals surface area contributed by atoms with Crippen molar-refractivity contribution in [3.05, 3.63) is 48.3 Å². The summed E-state index contributed by atoms with van der Waals surface area (Å²) in [6, 6.07) is 5.46. The second-order valence-electron chi connectivity index (χ2n) is 5.38. The maximum absolute atomic E-state index is 12.5. The fourth-order valence-electron chi connectivity index (χ4n) is 2.97. The lowest BCUT2D eigenvalue weighted by Crippen LogP contribution is -2.40. The molecule has 110 valence electrons. The van der Waals surface area contributed by atoms with Gasteiger partial charge in [0, 0.05) is 44.1 Å². The number of imidazole rings is 1.